The molecule has 0 N–H and O–H groups in total. The molecule has 1 aliphatic heterocycles. The van der Waals surface area contributed by atoms with E-state index in [1.54, 1.807) is 26.0 Å². The van der Waals surface area contributed by atoms with E-state index < -0.39 is 5.97 Å². The number of nitriles is 1. The second-order valence-corrected chi connectivity index (χ2v) is 4.87. The fraction of sp³-hybridized carbons (Fsp3) is 0.375. The summed E-state index contributed by atoms with van der Waals surface area (Å²) in [6.07, 6.45) is 1.14. The van der Waals surface area contributed by atoms with Crippen molar-refractivity contribution in [1.82, 2.24) is 0 Å². The smallest absolute Gasteiger partial charge is 0.349 e. The van der Waals surface area contributed by atoms with Crippen molar-refractivity contribution in [2.45, 2.75) is 20.0 Å². The second-order valence-electron chi connectivity index (χ2n) is 4.87. The first-order chi connectivity index (χ1) is 10.5. The minimum Gasteiger partial charge on any atom is -0.493 e. The summed E-state index contributed by atoms with van der Waals surface area (Å²) >= 11 is 0. The first-order valence-corrected chi connectivity index (χ1v) is 6.85. The van der Waals surface area contributed by atoms with Gasteiger partial charge in [0.1, 0.15) is 24.9 Å². The van der Waals surface area contributed by atoms with Gasteiger partial charge in [-0.3, -0.25) is 0 Å². The van der Waals surface area contributed by atoms with Crippen LogP contribution in [0.1, 0.15) is 19.4 Å². The standard InChI is InChI=1S/C16H17NO5/c1-10(2)22-16(18)12(9-17)6-11-7-13(19-3)15-14(8-11)20-4-5-21-15/h6-8,10H,4-5H2,1-3H3/b12-6+. The fourth-order valence-corrected chi connectivity index (χ4v) is 1.96. The van der Waals surface area contributed by atoms with Gasteiger partial charge in [-0.1, -0.05) is 0 Å². The molecule has 6 heteroatoms. The lowest BCUT2D eigenvalue weighted by Crippen LogP contribution is -2.16. The quantitative estimate of drug-likeness (QED) is 0.482. The van der Waals surface area contributed by atoms with Crippen LogP contribution in [0, 0.1) is 11.3 Å². The molecule has 0 amide bonds. The lowest BCUT2D eigenvalue weighted by atomic mass is 10.1. The number of rotatable bonds is 4. The molecule has 0 fully saturated rings. The van der Waals surface area contributed by atoms with Gasteiger partial charge in [0.25, 0.3) is 0 Å². The third-order valence-corrected chi connectivity index (χ3v) is 2.84. The Balaban J connectivity index is 2.37. The topological polar surface area (TPSA) is 77.8 Å². The number of benzene rings is 1. The number of nitrogens with zero attached hydrogens (tertiary/aromatic N) is 1. The second kappa shape index (κ2) is 6.85. The molecular formula is C16H17NO5. The first kappa shape index (κ1) is 15.7. The molecule has 2 rings (SSSR count). The van der Waals surface area contributed by atoms with E-state index in [-0.39, 0.29) is 11.7 Å². The number of carbonyl (C=O) groups is 1. The Kier molecular flexibility index (Phi) is 4.89. The summed E-state index contributed by atoms with van der Waals surface area (Å²) in [5.41, 5.74) is 0.505. The van der Waals surface area contributed by atoms with Crippen LogP contribution in [-0.4, -0.2) is 32.4 Å². The predicted molar refractivity (Wildman–Crippen MR) is 78.8 cm³/mol. The Morgan fingerprint density at radius 2 is 2.09 bits per heavy atom. The largest absolute Gasteiger partial charge is 0.493 e. The molecule has 6 nitrogen and oxygen atoms in total. The third kappa shape index (κ3) is 3.50. The maximum absolute atomic E-state index is 11.8. The van der Waals surface area contributed by atoms with Crippen molar-refractivity contribution in [1.29, 1.82) is 5.26 Å². The van der Waals surface area contributed by atoms with Crippen LogP contribution >= 0.6 is 0 Å². The van der Waals surface area contributed by atoms with Gasteiger partial charge in [-0.2, -0.15) is 5.26 Å². The first-order valence-electron chi connectivity index (χ1n) is 6.85. The van der Waals surface area contributed by atoms with E-state index in [1.807, 2.05) is 6.07 Å². The number of fused-ring (bicyclic) bond motifs is 1. The molecule has 22 heavy (non-hydrogen) atoms. The Hall–Kier alpha value is -2.68. The fourth-order valence-electron chi connectivity index (χ4n) is 1.96. The molecule has 0 bridgehead atoms. The highest BCUT2D eigenvalue weighted by molar-refractivity contribution is 5.98. The molecule has 0 saturated carbocycles. The molecule has 1 aromatic rings. The van der Waals surface area contributed by atoms with Crippen molar-refractivity contribution >= 4 is 12.0 Å². The highest BCUT2D eigenvalue weighted by Crippen LogP contribution is 2.40. The monoisotopic (exact) mass is 303 g/mol. The van der Waals surface area contributed by atoms with Crippen molar-refractivity contribution in [3.05, 3.63) is 23.3 Å². The highest BCUT2D eigenvalue weighted by atomic mass is 16.6. The molecule has 0 unspecified atom stereocenters. The zero-order valence-corrected chi connectivity index (χ0v) is 12.7. The number of methoxy groups -OCH3 is 1. The van der Waals surface area contributed by atoms with Gasteiger partial charge >= 0.3 is 5.97 Å². The van der Waals surface area contributed by atoms with Gasteiger partial charge in [0.05, 0.1) is 13.2 Å². The van der Waals surface area contributed by atoms with Gasteiger partial charge in [-0.05, 0) is 37.6 Å². The van der Waals surface area contributed by atoms with Crippen LogP contribution in [0.15, 0.2) is 17.7 Å². The molecule has 0 saturated heterocycles. The van der Waals surface area contributed by atoms with Gasteiger partial charge in [0.2, 0.25) is 5.75 Å². The van der Waals surface area contributed by atoms with E-state index in [1.165, 1.54) is 13.2 Å². The lowest BCUT2D eigenvalue weighted by molar-refractivity contribution is -0.142. The van der Waals surface area contributed by atoms with Crippen molar-refractivity contribution < 1.29 is 23.7 Å². The van der Waals surface area contributed by atoms with Crippen molar-refractivity contribution in [2.75, 3.05) is 20.3 Å². The van der Waals surface area contributed by atoms with Gasteiger partial charge in [0, 0.05) is 0 Å². The van der Waals surface area contributed by atoms with E-state index in [0.29, 0.717) is 36.0 Å². The van der Waals surface area contributed by atoms with Gasteiger partial charge in [-0.15, -0.1) is 0 Å². The molecule has 0 aromatic heterocycles. The summed E-state index contributed by atoms with van der Waals surface area (Å²) in [7, 11) is 1.51. The summed E-state index contributed by atoms with van der Waals surface area (Å²) in [4.78, 5) is 11.8. The van der Waals surface area contributed by atoms with Crippen LogP contribution in [0.25, 0.3) is 6.08 Å². The molecule has 1 heterocycles. The molecule has 0 radical (unpaired) electrons. The molecule has 0 spiro atoms. The number of hydrogen-bond acceptors (Lipinski definition) is 6. The van der Waals surface area contributed by atoms with E-state index in [2.05, 4.69) is 0 Å². The minimum atomic E-state index is -0.661. The van der Waals surface area contributed by atoms with Gasteiger partial charge in [-0.25, -0.2) is 4.79 Å². The van der Waals surface area contributed by atoms with Crippen LogP contribution in [-0.2, 0) is 9.53 Å². The predicted octanol–water partition coefficient (Wildman–Crippen LogP) is 2.32. The van der Waals surface area contributed by atoms with Crippen LogP contribution in [0.3, 0.4) is 0 Å². The Morgan fingerprint density at radius 1 is 1.36 bits per heavy atom. The van der Waals surface area contributed by atoms with E-state index in [4.69, 9.17) is 24.2 Å². The maximum Gasteiger partial charge on any atom is 0.349 e. The molecule has 0 atom stereocenters. The summed E-state index contributed by atoms with van der Waals surface area (Å²) in [6, 6.07) is 5.21. The number of esters is 1. The van der Waals surface area contributed by atoms with Gasteiger partial charge in [0.15, 0.2) is 11.5 Å². The normalized spacial score (nSPS) is 13.5. The summed E-state index contributed by atoms with van der Waals surface area (Å²) < 4.78 is 21.3. The summed E-state index contributed by atoms with van der Waals surface area (Å²) in [5.74, 6) is 0.866. The number of ether oxygens (including phenoxy) is 4. The molecule has 116 valence electrons. The van der Waals surface area contributed by atoms with Crippen LogP contribution in [0.2, 0.25) is 0 Å². The molecule has 1 aliphatic rings. The third-order valence-electron chi connectivity index (χ3n) is 2.84. The summed E-state index contributed by atoms with van der Waals surface area (Å²) in [6.45, 7) is 4.33. The minimum absolute atomic E-state index is 0.0903. The zero-order chi connectivity index (χ0) is 16.1. The molecular weight excluding hydrogens is 286 g/mol. The Labute approximate surface area is 128 Å². The van der Waals surface area contributed by atoms with Crippen LogP contribution < -0.4 is 14.2 Å². The summed E-state index contributed by atoms with van der Waals surface area (Å²) in [5, 5.41) is 9.13. The average Bonchev–Trinajstić information content (AvgIpc) is 2.50. The van der Waals surface area contributed by atoms with Crippen LogP contribution in [0.4, 0.5) is 0 Å². The zero-order valence-electron chi connectivity index (χ0n) is 12.7. The lowest BCUT2D eigenvalue weighted by Gasteiger charge is -2.21. The van der Waals surface area contributed by atoms with Gasteiger partial charge < -0.3 is 18.9 Å². The highest BCUT2D eigenvalue weighted by Gasteiger charge is 2.19. The SMILES string of the molecule is COc1cc(/C=C(\C#N)C(=O)OC(C)C)cc2c1OCCO2. The Morgan fingerprint density at radius 3 is 2.73 bits per heavy atom. The average molecular weight is 303 g/mol. The van der Waals surface area contributed by atoms with Crippen molar-refractivity contribution in [3.8, 4) is 23.3 Å². The van der Waals surface area contributed by atoms with E-state index in [0.717, 1.165) is 0 Å². The number of carbonyl (C=O) groups excluding carboxylic acids is 1. The maximum atomic E-state index is 11.8. The Bertz CT molecular complexity index is 625. The van der Waals surface area contributed by atoms with E-state index in [9.17, 15) is 4.79 Å². The van der Waals surface area contributed by atoms with Crippen molar-refractivity contribution in [3.63, 3.8) is 0 Å². The molecule has 0 aliphatic carbocycles. The van der Waals surface area contributed by atoms with E-state index >= 15 is 0 Å². The van der Waals surface area contributed by atoms with Crippen molar-refractivity contribution in [2.24, 2.45) is 0 Å². The van der Waals surface area contributed by atoms with Crippen LogP contribution in [0.5, 0.6) is 17.2 Å². The molecule has 1 aromatic carbocycles. The number of hydrogen-bond donors (Lipinski definition) is 0.